The van der Waals surface area contributed by atoms with Gasteiger partial charge < -0.3 is 9.88 Å². The molecule has 6 rings (SSSR count). The summed E-state index contributed by atoms with van der Waals surface area (Å²) in [6.07, 6.45) is 7.17. The molecule has 0 atom stereocenters. The second-order valence-electron chi connectivity index (χ2n) is 8.00. The first kappa shape index (κ1) is 15.7. The fraction of sp³-hybridized carbons (Fsp3) is 0.500. The third-order valence-corrected chi connectivity index (χ3v) is 7.15. The van der Waals surface area contributed by atoms with E-state index in [1.165, 1.54) is 41.5 Å². The average Bonchev–Trinajstić information content (AvgIpc) is 3.30. The van der Waals surface area contributed by atoms with Crippen molar-refractivity contribution in [2.75, 3.05) is 4.90 Å². The maximum Gasteiger partial charge on any atom is 0.256 e. The van der Waals surface area contributed by atoms with Crippen LogP contribution in [0, 0.1) is 6.92 Å². The van der Waals surface area contributed by atoms with Crippen LogP contribution in [0.3, 0.4) is 0 Å². The Morgan fingerprint density at radius 2 is 1.93 bits per heavy atom. The van der Waals surface area contributed by atoms with Crippen molar-refractivity contribution >= 4 is 27.4 Å². The van der Waals surface area contributed by atoms with E-state index in [9.17, 15) is 4.79 Å². The standard InChI is InChI=1S/C20H21N5OS/c1-10-21-14-9-25(8-13(14)19(26)22-10)18-16-12-4-2-3-5-15(12)27-20(16)24-17(23-18)11-6-7-11/h11H,2-9H2,1H3,(H,21,22,26). The Morgan fingerprint density at radius 1 is 1.07 bits per heavy atom. The normalized spacial score (nSPS) is 18.8. The van der Waals surface area contributed by atoms with Crippen molar-refractivity contribution in [3.05, 3.63) is 43.7 Å². The Kier molecular flexibility index (Phi) is 3.27. The van der Waals surface area contributed by atoms with Gasteiger partial charge in [0.2, 0.25) is 0 Å². The highest BCUT2D eigenvalue weighted by Gasteiger charge is 2.33. The summed E-state index contributed by atoms with van der Waals surface area (Å²) in [6, 6.07) is 0. The van der Waals surface area contributed by atoms with Crippen molar-refractivity contribution in [2.45, 2.75) is 64.5 Å². The maximum atomic E-state index is 12.4. The van der Waals surface area contributed by atoms with Crippen LogP contribution in [0.5, 0.6) is 0 Å². The number of thiophene rings is 1. The van der Waals surface area contributed by atoms with Gasteiger partial charge in [-0.15, -0.1) is 11.3 Å². The molecule has 1 aliphatic heterocycles. The van der Waals surface area contributed by atoms with E-state index in [1.54, 1.807) is 0 Å². The summed E-state index contributed by atoms with van der Waals surface area (Å²) < 4.78 is 0. The van der Waals surface area contributed by atoms with Gasteiger partial charge in [-0.2, -0.15) is 0 Å². The van der Waals surface area contributed by atoms with Gasteiger partial charge in [-0.25, -0.2) is 15.0 Å². The molecule has 3 aromatic rings. The van der Waals surface area contributed by atoms with Gasteiger partial charge in [-0.1, -0.05) is 0 Å². The minimum Gasteiger partial charge on any atom is -0.345 e. The smallest absolute Gasteiger partial charge is 0.256 e. The molecule has 138 valence electrons. The van der Waals surface area contributed by atoms with Crippen LogP contribution in [0.4, 0.5) is 5.82 Å². The summed E-state index contributed by atoms with van der Waals surface area (Å²) in [7, 11) is 0. The number of hydrogen-bond donors (Lipinski definition) is 1. The molecule has 27 heavy (non-hydrogen) atoms. The zero-order valence-electron chi connectivity index (χ0n) is 15.3. The number of nitrogens with zero attached hydrogens (tertiary/aromatic N) is 4. The molecule has 0 spiro atoms. The number of nitrogens with one attached hydrogen (secondary N) is 1. The van der Waals surface area contributed by atoms with Gasteiger partial charge in [0.25, 0.3) is 5.56 Å². The Labute approximate surface area is 160 Å². The first-order valence-corrected chi connectivity index (χ1v) is 10.6. The average molecular weight is 379 g/mol. The summed E-state index contributed by atoms with van der Waals surface area (Å²) in [5, 5.41) is 1.24. The fourth-order valence-electron chi connectivity index (χ4n) is 4.45. The number of rotatable bonds is 2. The highest BCUT2D eigenvalue weighted by molar-refractivity contribution is 7.19. The predicted molar refractivity (Wildman–Crippen MR) is 106 cm³/mol. The molecule has 3 aliphatic rings. The van der Waals surface area contributed by atoms with Gasteiger partial charge in [0.05, 0.1) is 29.7 Å². The van der Waals surface area contributed by atoms with Crippen LogP contribution in [-0.4, -0.2) is 19.9 Å². The van der Waals surface area contributed by atoms with Crippen LogP contribution in [0.1, 0.15) is 64.9 Å². The third kappa shape index (κ3) is 2.44. The molecule has 7 heteroatoms. The third-order valence-electron chi connectivity index (χ3n) is 5.96. The van der Waals surface area contributed by atoms with Crippen LogP contribution in [0.15, 0.2) is 4.79 Å². The lowest BCUT2D eigenvalue weighted by atomic mass is 9.97. The molecule has 0 amide bonds. The highest BCUT2D eigenvalue weighted by atomic mass is 32.1. The molecule has 2 aliphatic carbocycles. The minimum absolute atomic E-state index is 0.0138. The van der Waals surface area contributed by atoms with E-state index in [0.29, 0.717) is 24.8 Å². The molecule has 1 saturated carbocycles. The van der Waals surface area contributed by atoms with Gasteiger partial charge in [-0.05, 0) is 51.0 Å². The largest absolute Gasteiger partial charge is 0.345 e. The Bertz CT molecular complexity index is 1140. The number of aromatic nitrogens is 4. The Morgan fingerprint density at radius 3 is 2.78 bits per heavy atom. The number of anilines is 1. The van der Waals surface area contributed by atoms with Crippen molar-refractivity contribution < 1.29 is 0 Å². The molecule has 0 bridgehead atoms. The summed E-state index contributed by atoms with van der Waals surface area (Å²) in [5.74, 6) is 3.21. The van der Waals surface area contributed by atoms with Gasteiger partial charge >= 0.3 is 0 Å². The van der Waals surface area contributed by atoms with E-state index in [0.717, 1.165) is 40.6 Å². The zero-order chi connectivity index (χ0) is 18.1. The van der Waals surface area contributed by atoms with Crippen molar-refractivity contribution in [1.82, 2.24) is 19.9 Å². The molecular formula is C20H21N5OS. The van der Waals surface area contributed by atoms with Crippen LogP contribution in [0.25, 0.3) is 10.2 Å². The van der Waals surface area contributed by atoms with E-state index < -0.39 is 0 Å². The van der Waals surface area contributed by atoms with Gasteiger partial charge in [-0.3, -0.25) is 4.79 Å². The summed E-state index contributed by atoms with van der Waals surface area (Å²) in [5.41, 5.74) is 3.11. The second-order valence-corrected chi connectivity index (χ2v) is 9.09. The topological polar surface area (TPSA) is 74.8 Å². The first-order chi connectivity index (χ1) is 13.2. The number of fused-ring (bicyclic) bond motifs is 4. The summed E-state index contributed by atoms with van der Waals surface area (Å²) in [6.45, 7) is 3.08. The van der Waals surface area contributed by atoms with E-state index >= 15 is 0 Å². The lowest BCUT2D eigenvalue weighted by molar-refractivity contribution is 0.699. The van der Waals surface area contributed by atoms with E-state index in [1.807, 2.05) is 18.3 Å². The SMILES string of the molecule is Cc1nc2c(c(=O)[nH]1)CN(c1nc(C3CC3)nc3sc4c(c13)CCCC4)C2. The predicted octanol–water partition coefficient (Wildman–Crippen LogP) is 3.36. The van der Waals surface area contributed by atoms with E-state index in [-0.39, 0.29) is 5.56 Å². The first-order valence-electron chi connectivity index (χ1n) is 9.83. The molecule has 0 saturated heterocycles. The molecule has 0 unspecified atom stereocenters. The van der Waals surface area contributed by atoms with Crippen molar-refractivity contribution in [3.63, 3.8) is 0 Å². The molecule has 0 aromatic carbocycles. The Balaban J connectivity index is 1.53. The Hall–Kier alpha value is -2.28. The van der Waals surface area contributed by atoms with Crippen molar-refractivity contribution in [1.29, 1.82) is 0 Å². The zero-order valence-corrected chi connectivity index (χ0v) is 16.2. The number of aryl methyl sites for hydroxylation is 3. The van der Waals surface area contributed by atoms with Crippen LogP contribution in [0.2, 0.25) is 0 Å². The molecule has 4 heterocycles. The van der Waals surface area contributed by atoms with E-state index in [2.05, 4.69) is 14.9 Å². The van der Waals surface area contributed by atoms with Crippen molar-refractivity contribution in [3.8, 4) is 0 Å². The highest BCUT2D eigenvalue weighted by Crippen LogP contribution is 2.45. The molecule has 6 nitrogen and oxygen atoms in total. The quantitative estimate of drug-likeness (QED) is 0.739. The number of H-pyrrole nitrogens is 1. The van der Waals surface area contributed by atoms with Crippen molar-refractivity contribution in [2.24, 2.45) is 0 Å². The van der Waals surface area contributed by atoms with E-state index in [4.69, 9.17) is 9.97 Å². The van der Waals surface area contributed by atoms with Gasteiger partial charge in [0.1, 0.15) is 22.3 Å². The fourth-order valence-corrected chi connectivity index (χ4v) is 5.71. The lowest BCUT2D eigenvalue weighted by Gasteiger charge is -2.20. The molecular weight excluding hydrogens is 358 g/mol. The monoisotopic (exact) mass is 379 g/mol. The van der Waals surface area contributed by atoms with Gasteiger partial charge in [0, 0.05) is 10.8 Å². The molecule has 3 aromatic heterocycles. The number of hydrogen-bond acceptors (Lipinski definition) is 6. The number of aromatic amines is 1. The maximum absolute atomic E-state index is 12.4. The summed E-state index contributed by atoms with van der Waals surface area (Å²) in [4.78, 5) is 34.7. The van der Waals surface area contributed by atoms with Crippen LogP contribution < -0.4 is 10.5 Å². The van der Waals surface area contributed by atoms with Crippen LogP contribution in [-0.2, 0) is 25.9 Å². The lowest BCUT2D eigenvalue weighted by Crippen LogP contribution is -2.20. The molecule has 1 fully saturated rings. The minimum atomic E-state index is -0.0138. The molecule has 0 radical (unpaired) electrons. The molecule has 1 N–H and O–H groups in total. The second kappa shape index (κ2) is 5.61. The van der Waals surface area contributed by atoms with Gasteiger partial charge in [0.15, 0.2) is 0 Å². The summed E-state index contributed by atoms with van der Waals surface area (Å²) >= 11 is 1.86. The van der Waals surface area contributed by atoms with Crippen LogP contribution >= 0.6 is 11.3 Å².